The molecule has 0 spiro atoms. The molecule has 0 bridgehead atoms. The molecule has 0 saturated carbocycles. The summed E-state index contributed by atoms with van der Waals surface area (Å²) in [6.07, 6.45) is 7.16. The molecule has 98 valence electrons. The minimum Gasteiger partial charge on any atom is -0.386 e. The molecule has 19 heavy (non-hydrogen) atoms. The van der Waals surface area contributed by atoms with E-state index >= 15 is 0 Å². The zero-order valence-corrected chi connectivity index (χ0v) is 10.9. The third-order valence-electron chi connectivity index (χ3n) is 4.58. The topological polar surface area (TPSA) is 38.0 Å². The quantitative estimate of drug-likeness (QED) is 0.849. The summed E-state index contributed by atoms with van der Waals surface area (Å²) in [5, 5.41) is 10.6. The third-order valence-corrected chi connectivity index (χ3v) is 4.58. The van der Waals surface area contributed by atoms with Gasteiger partial charge in [0.05, 0.1) is 18.1 Å². The maximum atomic E-state index is 10.6. The molecule has 2 aliphatic carbocycles. The molecular formula is C16H18N2O. The van der Waals surface area contributed by atoms with E-state index in [4.69, 9.17) is 0 Å². The number of aromatic nitrogens is 2. The Bertz CT molecular complexity index is 617. The summed E-state index contributed by atoms with van der Waals surface area (Å²) in [4.78, 5) is 4.55. The van der Waals surface area contributed by atoms with Crippen molar-refractivity contribution in [3.63, 3.8) is 0 Å². The van der Waals surface area contributed by atoms with Gasteiger partial charge in [-0.15, -0.1) is 0 Å². The van der Waals surface area contributed by atoms with Crippen LogP contribution in [0.5, 0.6) is 0 Å². The molecule has 1 N–H and O–H groups in total. The molecule has 0 saturated heterocycles. The van der Waals surface area contributed by atoms with Crippen LogP contribution in [-0.2, 0) is 19.3 Å². The first-order valence-electron chi connectivity index (χ1n) is 7.15. The van der Waals surface area contributed by atoms with E-state index in [-0.39, 0.29) is 6.04 Å². The summed E-state index contributed by atoms with van der Waals surface area (Å²) in [6.45, 7) is 0. The number of nitrogens with zero attached hydrogens (tertiary/aromatic N) is 2. The number of imidazole rings is 1. The van der Waals surface area contributed by atoms with Crippen LogP contribution >= 0.6 is 0 Å². The van der Waals surface area contributed by atoms with Gasteiger partial charge in [0.1, 0.15) is 6.10 Å². The monoisotopic (exact) mass is 254 g/mol. The zero-order valence-electron chi connectivity index (χ0n) is 10.9. The lowest BCUT2D eigenvalue weighted by atomic mass is 10.0. The van der Waals surface area contributed by atoms with Gasteiger partial charge >= 0.3 is 0 Å². The second-order valence-electron chi connectivity index (χ2n) is 5.67. The maximum absolute atomic E-state index is 10.6. The van der Waals surface area contributed by atoms with E-state index in [1.54, 1.807) is 0 Å². The fourth-order valence-electron chi connectivity index (χ4n) is 3.58. The highest BCUT2D eigenvalue weighted by Crippen LogP contribution is 2.40. The predicted molar refractivity (Wildman–Crippen MR) is 73.0 cm³/mol. The molecule has 3 heteroatoms. The Balaban J connectivity index is 1.74. The van der Waals surface area contributed by atoms with Crippen LogP contribution in [-0.4, -0.2) is 14.7 Å². The number of hydrogen-bond donors (Lipinski definition) is 1. The smallest absolute Gasteiger partial charge is 0.100 e. The molecule has 2 unspecified atom stereocenters. The van der Waals surface area contributed by atoms with Crippen LogP contribution in [0, 0.1) is 0 Å². The van der Waals surface area contributed by atoms with Crippen molar-refractivity contribution < 1.29 is 5.11 Å². The van der Waals surface area contributed by atoms with E-state index < -0.39 is 6.10 Å². The Kier molecular flexibility index (Phi) is 2.49. The van der Waals surface area contributed by atoms with E-state index in [9.17, 15) is 5.11 Å². The molecule has 0 amide bonds. The van der Waals surface area contributed by atoms with Gasteiger partial charge < -0.3 is 9.67 Å². The molecule has 2 aliphatic rings. The van der Waals surface area contributed by atoms with Gasteiger partial charge in [0, 0.05) is 5.69 Å². The zero-order chi connectivity index (χ0) is 12.8. The van der Waals surface area contributed by atoms with Gasteiger partial charge in [-0.25, -0.2) is 4.98 Å². The van der Waals surface area contributed by atoms with E-state index in [1.807, 2.05) is 18.5 Å². The minimum atomic E-state index is -0.392. The van der Waals surface area contributed by atoms with Gasteiger partial charge in [-0.3, -0.25) is 0 Å². The highest BCUT2D eigenvalue weighted by molar-refractivity contribution is 5.36. The van der Waals surface area contributed by atoms with Crippen LogP contribution in [0.3, 0.4) is 0 Å². The molecule has 1 aromatic heterocycles. The highest BCUT2D eigenvalue weighted by atomic mass is 16.3. The van der Waals surface area contributed by atoms with E-state index in [2.05, 4.69) is 21.7 Å². The average molecular weight is 254 g/mol. The molecule has 0 fully saturated rings. The van der Waals surface area contributed by atoms with Crippen molar-refractivity contribution in [3.8, 4) is 0 Å². The Morgan fingerprint density at radius 3 is 2.89 bits per heavy atom. The van der Waals surface area contributed by atoms with Crippen LogP contribution in [0.1, 0.15) is 47.5 Å². The number of fused-ring (bicyclic) bond motifs is 2. The van der Waals surface area contributed by atoms with Crippen molar-refractivity contribution in [2.45, 2.75) is 44.2 Å². The fourth-order valence-corrected chi connectivity index (χ4v) is 3.58. The summed E-state index contributed by atoms with van der Waals surface area (Å²) < 4.78 is 2.24. The number of aliphatic hydroxyl groups is 1. The lowest BCUT2D eigenvalue weighted by Gasteiger charge is -2.21. The van der Waals surface area contributed by atoms with Gasteiger partial charge in [0.15, 0.2) is 0 Å². The van der Waals surface area contributed by atoms with Gasteiger partial charge in [-0.2, -0.15) is 0 Å². The number of rotatable bonds is 1. The number of aryl methyl sites for hydroxylation is 1. The van der Waals surface area contributed by atoms with Crippen LogP contribution in [0.4, 0.5) is 0 Å². The highest BCUT2D eigenvalue weighted by Gasteiger charge is 2.33. The molecule has 1 aromatic carbocycles. The predicted octanol–water partition coefficient (Wildman–Crippen LogP) is 2.59. The van der Waals surface area contributed by atoms with Crippen molar-refractivity contribution >= 4 is 0 Å². The molecule has 1 heterocycles. The SMILES string of the molecule is OC1c2ccccc2CC1n1cnc2c1CCCC2. The summed E-state index contributed by atoms with van der Waals surface area (Å²) in [7, 11) is 0. The molecule has 2 aromatic rings. The maximum Gasteiger partial charge on any atom is 0.100 e. The molecule has 0 radical (unpaired) electrons. The molecule has 3 nitrogen and oxygen atoms in total. The van der Waals surface area contributed by atoms with Crippen LogP contribution in [0.25, 0.3) is 0 Å². The van der Waals surface area contributed by atoms with Crippen LogP contribution in [0.2, 0.25) is 0 Å². The largest absolute Gasteiger partial charge is 0.386 e. The molecule has 0 aliphatic heterocycles. The number of benzene rings is 1. The Hall–Kier alpha value is -1.61. The van der Waals surface area contributed by atoms with Crippen molar-refractivity contribution in [2.75, 3.05) is 0 Å². The van der Waals surface area contributed by atoms with Gasteiger partial charge in [0.25, 0.3) is 0 Å². The lowest BCUT2D eigenvalue weighted by molar-refractivity contribution is 0.126. The van der Waals surface area contributed by atoms with Crippen molar-refractivity contribution in [3.05, 3.63) is 53.1 Å². The Morgan fingerprint density at radius 2 is 2.00 bits per heavy atom. The average Bonchev–Trinajstić information content (AvgIpc) is 3.01. The summed E-state index contributed by atoms with van der Waals surface area (Å²) in [6, 6.07) is 8.36. The first-order valence-corrected chi connectivity index (χ1v) is 7.15. The van der Waals surface area contributed by atoms with Crippen molar-refractivity contribution in [2.24, 2.45) is 0 Å². The second kappa shape index (κ2) is 4.20. The lowest BCUT2D eigenvalue weighted by Crippen LogP contribution is -2.17. The van der Waals surface area contributed by atoms with Gasteiger partial charge in [-0.05, 0) is 43.2 Å². The standard InChI is InChI=1S/C16H18N2O/c19-16-12-6-2-1-5-11(12)9-15(16)18-10-17-13-7-3-4-8-14(13)18/h1-2,5-6,10,15-16,19H,3-4,7-9H2. The van der Waals surface area contributed by atoms with E-state index in [0.29, 0.717) is 0 Å². The normalized spacial score (nSPS) is 25.1. The van der Waals surface area contributed by atoms with Crippen molar-refractivity contribution in [1.29, 1.82) is 0 Å². The van der Waals surface area contributed by atoms with Crippen molar-refractivity contribution in [1.82, 2.24) is 9.55 Å². The second-order valence-corrected chi connectivity index (χ2v) is 5.67. The van der Waals surface area contributed by atoms with Gasteiger partial charge in [-0.1, -0.05) is 24.3 Å². The van der Waals surface area contributed by atoms with E-state index in [1.165, 1.54) is 29.8 Å². The van der Waals surface area contributed by atoms with E-state index in [0.717, 1.165) is 24.8 Å². The van der Waals surface area contributed by atoms with Crippen LogP contribution < -0.4 is 0 Å². The molecular weight excluding hydrogens is 236 g/mol. The minimum absolute atomic E-state index is 0.131. The number of aliphatic hydroxyl groups excluding tert-OH is 1. The molecule has 2 atom stereocenters. The third kappa shape index (κ3) is 1.65. The van der Waals surface area contributed by atoms with Crippen LogP contribution in [0.15, 0.2) is 30.6 Å². The molecule has 4 rings (SSSR count). The summed E-state index contributed by atoms with van der Waals surface area (Å²) in [5.41, 5.74) is 4.96. The Morgan fingerprint density at radius 1 is 1.16 bits per heavy atom. The first-order chi connectivity index (χ1) is 9.34. The summed E-state index contributed by atoms with van der Waals surface area (Å²) >= 11 is 0. The fraction of sp³-hybridized carbons (Fsp3) is 0.438. The number of hydrogen-bond acceptors (Lipinski definition) is 2. The van der Waals surface area contributed by atoms with Gasteiger partial charge in [0.2, 0.25) is 0 Å². The Labute approximate surface area is 112 Å². The summed E-state index contributed by atoms with van der Waals surface area (Å²) in [5.74, 6) is 0. The first kappa shape index (κ1) is 11.2.